The highest BCUT2D eigenvalue weighted by Crippen LogP contribution is 2.23. The van der Waals surface area contributed by atoms with Gasteiger partial charge in [-0.15, -0.1) is 0 Å². The smallest absolute Gasteiger partial charge is 0.308 e. The largest absolute Gasteiger partial charge is 0.423 e. The van der Waals surface area contributed by atoms with Crippen molar-refractivity contribution < 1.29 is 9.53 Å². The van der Waals surface area contributed by atoms with Crippen LogP contribution in [0.25, 0.3) is 22.5 Å². The summed E-state index contributed by atoms with van der Waals surface area (Å²) in [7, 11) is 0. The summed E-state index contributed by atoms with van der Waals surface area (Å²) in [4.78, 5) is 19.3. The van der Waals surface area contributed by atoms with Crippen molar-refractivity contribution >= 4 is 5.97 Å². The first-order valence-electron chi connectivity index (χ1n) is 7.27. The van der Waals surface area contributed by atoms with Gasteiger partial charge in [0.2, 0.25) is 0 Å². The average molecular weight is 315 g/mol. The molecule has 0 aliphatic rings. The molecule has 116 valence electrons. The Morgan fingerprint density at radius 1 is 0.917 bits per heavy atom. The molecule has 0 saturated carbocycles. The minimum atomic E-state index is -0.405. The van der Waals surface area contributed by atoms with Crippen LogP contribution in [-0.4, -0.2) is 15.9 Å². The minimum Gasteiger partial charge on any atom is -0.423 e. The SMILES string of the molecule is CC(=O)Oc1cnc(-c2ccc(-c3ccc(C#N)cc3)cc2)nc1. The molecule has 0 atom stereocenters. The Morgan fingerprint density at radius 3 is 1.92 bits per heavy atom. The lowest BCUT2D eigenvalue weighted by atomic mass is 10.0. The Labute approximate surface area is 139 Å². The maximum absolute atomic E-state index is 10.9. The molecule has 0 spiro atoms. The maximum Gasteiger partial charge on any atom is 0.308 e. The van der Waals surface area contributed by atoms with Gasteiger partial charge in [-0.25, -0.2) is 9.97 Å². The number of carbonyl (C=O) groups is 1. The molecule has 1 aromatic heterocycles. The normalized spacial score (nSPS) is 10.0. The molecule has 0 fully saturated rings. The zero-order valence-electron chi connectivity index (χ0n) is 12.9. The van der Waals surface area contributed by atoms with E-state index in [0.29, 0.717) is 17.1 Å². The lowest BCUT2D eigenvalue weighted by Crippen LogP contribution is -2.02. The molecule has 2 aromatic carbocycles. The van der Waals surface area contributed by atoms with E-state index in [4.69, 9.17) is 10.00 Å². The van der Waals surface area contributed by atoms with Crippen molar-refractivity contribution in [1.82, 2.24) is 9.97 Å². The van der Waals surface area contributed by atoms with Crippen molar-refractivity contribution in [3.8, 4) is 34.3 Å². The average Bonchev–Trinajstić information content (AvgIpc) is 2.62. The number of ether oxygens (including phenoxy) is 1. The van der Waals surface area contributed by atoms with Gasteiger partial charge in [0.15, 0.2) is 11.6 Å². The zero-order valence-corrected chi connectivity index (χ0v) is 12.9. The van der Waals surface area contributed by atoms with Gasteiger partial charge in [-0.05, 0) is 23.3 Å². The van der Waals surface area contributed by atoms with Crippen LogP contribution >= 0.6 is 0 Å². The zero-order chi connectivity index (χ0) is 16.9. The van der Waals surface area contributed by atoms with E-state index in [1.165, 1.54) is 19.3 Å². The molecule has 0 saturated heterocycles. The van der Waals surface area contributed by atoms with Crippen molar-refractivity contribution in [3.05, 3.63) is 66.5 Å². The highest BCUT2D eigenvalue weighted by Gasteiger charge is 2.05. The molecule has 5 nitrogen and oxygen atoms in total. The second kappa shape index (κ2) is 6.71. The van der Waals surface area contributed by atoms with Crippen molar-refractivity contribution in [2.24, 2.45) is 0 Å². The van der Waals surface area contributed by atoms with Crippen LogP contribution in [0, 0.1) is 11.3 Å². The molecule has 0 N–H and O–H groups in total. The first-order valence-corrected chi connectivity index (χ1v) is 7.27. The predicted molar refractivity (Wildman–Crippen MR) is 88.9 cm³/mol. The Hall–Kier alpha value is -3.52. The molecular weight excluding hydrogens is 302 g/mol. The highest BCUT2D eigenvalue weighted by molar-refractivity contribution is 5.70. The first-order chi connectivity index (χ1) is 11.7. The van der Waals surface area contributed by atoms with Crippen molar-refractivity contribution in [2.75, 3.05) is 0 Å². The summed E-state index contributed by atoms with van der Waals surface area (Å²) in [6, 6.07) is 17.3. The molecule has 0 amide bonds. The van der Waals surface area contributed by atoms with E-state index >= 15 is 0 Å². The lowest BCUT2D eigenvalue weighted by molar-refractivity contribution is -0.131. The van der Waals surface area contributed by atoms with E-state index in [9.17, 15) is 4.79 Å². The van der Waals surface area contributed by atoms with Gasteiger partial charge in [0, 0.05) is 12.5 Å². The predicted octanol–water partition coefficient (Wildman–Crippen LogP) is 3.61. The molecular formula is C19H13N3O2. The molecule has 24 heavy (non-hydrogen) atoms. The number of hydrogen-bond donors (Lipinski definition) is 0. The second-order valence-electron chi connectivity index (χ2n) is 5.10. The molecule has 3 aromatic rings. The van der Waals surface area contributed by atoms with Gasteiger partial charge in [-0.2, -0.15) is 5.26 Å². The third kappa shape index (κ3) is 3.45. The monoisotopic (exact) mass is 315 g/mol. The third-order valence-electron chi connectivity index (χ3n) is 3.38. The Bertz CT molecular complexity index is 893. The standard InChI is InChI=1S/C19H13N3O2/c1-13(23)24-18-11-21-19(22-12-18)17-8-6-16(7-9-17)15-4-2-14(10-20)3-5-15/h2-9,11-12H,1H3. The van der Waals surface area contributed by atoms with Crippen LogP contribution < -0.4 is 4.74 Å². The van der Waals surface area contributed by atoms with Crippen LogP contribution in [0.5, 0.6) is 5.75 Å². The van der Waals surface area contributed by atoms with Crippen molar-refractivity contribution in [1.29, 1.82) is 5.26 Å². The lowest BCUT2D eigenvalue weighted by Gasteiger charge is -2.05. The summed E-state index contributed by atoms with van der Waals surface area (Å²) in [5.41, 5.74) is 3.57. The van der Waals surface area contributed by atoms with Gasteiger partial charge < -0.3 is 4.74 Å². The van der Waals surface area contributed by atoms with E-state index in [0.717, 1.165) is 16.7 Å². The molecule has 0 radical (unpaired) electrons. The highest BCUT2D eigenvalue weighted by atomic mass is 16.5. The fourth-order valence-electron chi connectivity index (χ4n) is 2.23. The van der Waals surface area contributed by atoms with Gasteiger partial charge in [-0.3, -0.25) is 4.79 Å². The van der Waals surface area contributed by atoms with Crippen LogP contribution in [0.15, 0.2) is 60.9 Å². The van der Waals surface area contributed by atoms with E-state index in [1.54, 1.807) is 12.1 Å². The Kier molecular flexibility index (Phi) is 4.30. The molecule has 5 heteroatoms. The summed E-state index contributed by atoms with van der Waals surface area (Å²) in [6.07, 6.45) is 2.94. The quantitative estimate of drug-likeness (QED) is 0.690. The molecule has 0 aliphatic carbocycles. The van der Waals surface area contributed by atoms with Crippen LogP contribution in [0.4, 0.5) is 0 Å². The first kappa shape index (κ1) is 15.4. The Balaban J connectivity index is 1.81. The topological polar surface area (TPSA) is 75.9 Å². The number of benzene rings is 2. The van der Waals surface area contributed by atoms with Crippen LogP contribution in [0.2, 0.25) is 0 Å². The third-order valence-corrected chi connectivity index (χ3v) is 3.38. The molecule has 1 heterocycles. The maximum atomic E-state index is 10.9. The molecule has 0 unspecified atom stereocenters. The summed E-state index contributed by atoms with van der Waals surface area (Å²) in [6.45, 7) is 1.33. The van der Waals surface area contributed by atoms with Crippen LogP contribution in [-0.2, 0) is 4.79 Å². The minimum absolute atomic E-state index is 0.320. The Morgan fingerprint density at radius 2 is 1.42 bits per heavy atom. The number of aromatic nitrogens is 2. The van der Waals surface area contributed by atoms with E-state index in [2.05, 4.69) is 16.0 Å². The van der Waals surface area contributed by atoms with Gasteiger partial charge in [0.1, 0.15) is 0 Å². The fourth-order valence-corrected chi connectivity index (χ4v) is 2.23. The van der Waals surface area contributed by atoms with Gasteiger partial charge in [0.05, 0.1) is 24.0 Å². The summed E-state index contributed by atoms with van der Waals surface area (Å²) in [5, 5.41) is 8.84. The van der Waals surface area contributed by atoms with Crippen molar-refractivity contribution in [3.63, 3.8) is 0 Å². The summed E-state index contributed by atoms with van der Waals surface area (Å²) in [5.74, 6) is 0.468. The number of nitriles is 1. The van der Waals surface area contributed by atoms with E-state index < -0.39 is 5.97 Å². The van der Waals surface area contributed by atoms with Gasteiger partial charge in [-0.1, -0.05) is 36.4 Å². The van der Waals surface area contributed by atoms with Gasteiger partial charge >= 0.3 is 5.97 Å². The van der Waals surface area contributed by atoms with Crippen molar-refractivity contribution in [2.45, 2.75) is 6.92 Å². The number of hydrogen-bond acceptors (Lipinski definition) is 5. The number of rotatable bonds is 3. The number of nitrogens with zero attached hydrogens (tertiary/aromatic N) is 3. The van der Waals surface area contributed by atoms with Crippen LogP contribution in [0.1, 0.15) is 12.5 Å². The van der Waals surface area contributed by atoms with Crippen LogP contribution in [0.3, 0.4) is 0 Å². The van der Waals surface area contributed by atoms with Gasteiger partial charge in [0.25, 0.3) is 0 Å². The number of carbonyl (C=O) groups excluding carboxylic acids is 1. The van der Waals surface area contributed by atoms with E-state index in [1.807, 2.05) is 36.4 Å². The second-order valence-corrected chi connectivity index (χ2v) is 5.10. The summed E-state index contributed by atoms with van der Waals surface area (Å²) >= 11 is 0. The molecule has 0 aliphatic heterocycles. The number of esters is 1. The molecule has 0 bridgehead atoms. The fraction of sp³-hybridized carbons (Fsp3) is 0.0526. The van der Waals surface area contributed by atoms with E-state index in [-0.39, 0.29) is 0 Å². The molecule has 3 rings (SSSR count). The summed E-state index contributed by atoms with van der Waals surface area (Å²) < 4.78 is 4.91.